The van der Waals surface area contributed by atoms with Gasteiger partial charge in [-0.25, -0.2) is 18.0 Å². The van der Waals surface area contributed by atoms with Crippen LogP contribution in [0.1, 0.15) is 24.0 Å². The van der Waals surface area contributed by atoms with Crippen molar-refractivity contribution in [2.24, 2.45) is 5.92 Å². The second kappa shape index (κ2) is 9.19. The predicted octanol–water partition coefficient (Wildman–Crippen LogP) is 3.47. The van der Waals surface area contributed by atoms with Gasteiger partial charge in [-0.3, -0.25) is 9.38 Å². The number of hydrogen-bond acceptors (Lipinski definition) is 6. The number of hydrogen-bond donors (Lipinski definition) is 1. The number of amides is 1. The molecule has 31 heavy (non-hydrogen) atoms. The molecule has 0 spiro atoms. The third-order valence-electron chi connectivity index (χ3n) is 5.29. The van der Waals surface area contributed by atoms with Crippen LogP contribution >= 0.6 is 0 Å². The summed E-state index contributed by atoms with van der Waals surface area (Å²) in [6.45, 7) is 0.617. The zero-order valence-electron chi connectivity index (χ0n) is 16.5. The highest BCUT2D eigenvalue weighted by Gasteiger charge is 2.32. The number of carbonyl (C=O) groups is 1. The van der Waals surface area contributed by atoms with Gasteiger partial charge in [0.05, 0.1) is 18.9 Å². The highest BCUT2D eigenvalue weighted by Crippen LogP contribution is 2.23. The van der Waals surface area contributed by atoms with Crippen molar-refractivity contribution in [1.29, 1.82) is 0 Å². The van der Waals surface area contributed by atoms with Gasteiger partial charge in [0.1, 0.15) is 24.9 Å². The number of likely N-dealkylation sites (tertiary alicyclic amines) is 1. The quantitative estimate of drug-likeness (QED) is 0.640. The van der Waals surface area contributed by atoms with Crippen LogP contribution in [-0.2, 0) is 11.3 Å². The minimum atomic E-state index is -2.55. The number of ether oxygens (including phenoxy) is 1. The maximum atomic E-state index is 14.7. The van der Waals surface area contributed by atoms with Gasteiger partial charge in [-0.05, 0) is 12.0 Å². The van der Waals surface area contributed by atoms with Crippen molar-refractivity contribution < 1.29 is 22.7 Å². The zero-order chi connectivity index (χ0) is 21.8. The SMILES string of the molecule is O=C(OCc1ccc(C(F)F)cc1)N1CCC(CNc2cncc3nncn23)C(F)C1. The molecule has 4 rings (SSSR count). The number of benzene rings is 1. The maximum Gasteiger partial charge on any atom is 0.410 e. The van der Waals surface area contributed by atoms with E-state index < -0.39 is 18.7 Å². The van der Waals surface area contributed by atoms with Gasteiger partial charge in [0.25, 0.3) is 6.43 Å². The smallest absolute Gasteiger partial charge is 0.410 e. The highest BCUT2D eigenvalue weighted by atomic mass is 19.3. The van der Waals surface area contributed by atoms with E-state index in [9.17, 15) is 18.0 Å². The molecule has 1 amide bonds. The monoisotopic (exact) mass is 434 g/mol. The van der Waals surface area contributed by atoms with Crippen molar-refractivity contribution >= 4 is 17.6 Å². The lowest BCUT2D eigenvalue weighted by molar-refractivity contribution is 0.0544. The Hall–Kier alpha value is -3.37. The summed E-state index contributed by atoms with van der Waals surface area (Å²) >= 11 is 0. The van der Waals surface area contributed by atoms with Gasteiger partial charge in [0.15, 0.2) is 5.65 Å². The lowest BCUT2D eigenvalue weighted by Crippen LogP contribution is -2.46. The zero-order valence-corrected chi connectivity index (χ0v) is 16.5. The second-order valence-electron chi connectivity index (χ2n) is 7.34. The van der Waals surface area contributed by atoms with Crippen LogP contribution in [-0.4, -0.2) is 56.4 Å². The van der Waals surface area contributed by atoms with E-state index >= 15 is 0 Å². The summed E-state index contributed by atoms with van der Waals surface area (Å²) in [5.41, 5.74) is 1.08. The van der Waals surface area contributed by atoms with E-state index in [1.807, 2.05) is 0 Å². The number of fused-ring (bicyclic) bond motifs is 1. The summed E-state index contributed by atoms with van der Waals surface area (Å²) in [6.07, 6.45) is 0.827. The van der Waals surface area contributed by atoms with Crippen LogP contribution in [0.3, 0.4) is 0 Å². The average Bonchev–Trinajstić information content (AvgIpc) is 3.26. The molecule has 0 aliphatic carbocycles. The molecule has 2 unspecified atom stereocenters. The molecule has 1 aromatic carbocycles. The van der Waals surface area contributed by atoms with E-state index in [2.05, 4.69) is 20.5 Å². The molecule has 0 saturated carbocycles. The van der Waals surface area contributed by atoms with E-state index in [0.717, 1.165) is 0 Å². The number of alkyl halides is 3. The molecule has 2 atom stereocenters. The van der Waals surface area contributed by atoms with Crippen LogP contribution < -0.4 is 5.32 Å². The standard InChI is InChI=1S/C20H21F3N6O2/c21-16-10-28(20(30)31-11-13-1-3-14(4-2-13)19(22)23)6-5-15(16)7-25-17-8-24-9-18-27-26-12-29(17)18/h1-4,8-9,12,15-16,19,25H,5-7,10-11H2. The van der Waals surface area contributed by atoms with E-state index in [1.54, 1.807) is 23.1 Å². The first kappa shape index (κ1) is 20.9. The Kier molecular flexibility index (Phi) is 6.19. The molecule has 1 aliphatic heterocycles. The number of piperidine rings is 1. The fourth-order valence-electron chi connectivity index (χ4n) is 3.47. The van der Waals surface area contributed by atoms with Crippen molar-refractivity contribution in [3.63, 3.8) is 0 Å². The van der Waals surface area contributed by atoms with Crippen molar-refractivity contribution in [3.8, 4) is 0 Å². The molecule has 11 heteroatoms. The Bertz CT molecular complexity index is 1030. The predicted molar refractivity (Wildman–Crippen MR) is 105 cm³/mol. The van der Waals surface area contributed by atoms with Gasteiger partial charge in [-0.2, -0.15) is 0 Å². The molecule has 3 aromatic rings. The molecule has 8 nitrogen and oxygen atoms in total. The first-order valence-electron chi connectivity index (χ1n) is 9.81. The number of rotatable bonds is 6. The first-order chi connectivity index (χ1) is 15.0. The summed E-state index contributed by atoms with van der Waals surface area (Å²) in [7, 11) is 0. The summed E-state index contributed by atoms with van der Waals surface area (Å²) in [4.78, 5) is 17.7. The average molecular weight is 434 g/mol. The molecule has 3 heterocycles. The maximum absolute atomic E-state index is 14.7. The van der Waals surface area contributed by atoms with Crippen molar-refractivity contribution in [1.82, 2.24) is 24.5 Å². The third kappa shape index (κ3) is 4.86. The van der Waals surface area contributed by atoms with Gasteiger partial charge < -0.3 is 15.0 Å². The van der Waals surface area contributed by atoms with E-state index in [0.29, 0.717) is 36.5 Å². The van der Waals surface area contributed by atoms with Gasteiger partial charge >= 0.3 is 6.09 Å². The molecule has 164 valence electrons. The fraction of sp³-hybridized carbons (Fsp3) is 0.400. The lowest BCUT2D eigenvalue weighted by atomic mass is 9.95. The minimum Gasteiger partial charge on any atom is -0.445 e. The Balaban J connectivity index is 1.25. The lowest BCUT2D eigenvalue weighted by Gasteiger charge is -2.34. The molecule has 1 saturated heterocycles. The Morgan fingerprint density at radius 3 is 2.81 bits per heavy atom. The summed E-state index contributed by atoms with van der Waals surface area (Å²) in [5, 5.41) is 10.9. The van der Waals surface area contributed by atoms with Crippen LogP contribution in [0.2, 0.25) is 0 Å². The van der Waals surface area contributed by atoms with Crippen LogP contribution in [0, 0.1) is 5.92 Å². The van der Waals surface area contributed by atoms with Gasteiger partial charge in [-0.15, -0.1) is 10.2 Å². The molecular weight excluding hydrogens is 413 g/mol. The number of nitrogens with zero attached hydrogens (tertiary/aromatic N) is 5. The highest BCUT2D eigenvalue weighted by molar-refractivity contribution is 5.67. The summed E-state index contributed by atoms with van der Waals surface area (Å²) in [6, 6.07) is 5.55. The largest absolute Gasteiger partial charge is 0.445 e. The summed E-state index contributed by atoms with van der Waals surface area (Å²) < 4.78 is 46.8. The van der Waals surface area contributed by atoms with Crippen LogP contribution in [0.4, 0.5) is 23.8 Å². The van der Waals surface area contributed by atoms with E-state index in [1.165, 1.54) is 29.2 Å². The van der Waals surface area contributed by atoms with Crippen molar-refractivity contribution in [2.75, 3.05) is 25.0 Å². The van der Waals surface area contributed by atoms with Crippen molar-refractivity contribution in [3.05, 3.63) is 54.1 Å². The van der Waals surface area contributed by atoms with Crippen LogP contribution in [0.25, 0.3) is 5.65 Å². The molecule has 0 bridgehead atoms. The van der Waals surface area contributed by atoms with Gasteiger partial charge in [0.2, 0.25) is 0 Å². The number of carbonyl (C=O) groups excluding carboxylic acids is 1. The Labute approximate surface area is 176 Å². The molecule has 1 N–H and O–H groups in total. The molecule has 1 aliphatic rings. The van der Waals surface area contributed by atoms with Crippen LogP contribution in [0.15, 0.2) is 43.0 Å². The Morgan fingerprint density at radius 2 is 2.06 bits per heavy atom. The molecule has 0 radical (unpaired) electrons. The fourth-order valence-corrected chi connectivity index (χ4v) is 3.47. The number of halogens is 3. The molecule has 2 aromatic heterocycles. The number of nitrogens with one attached hydrogen (secondary N) is 1. The number of aromatic nitrogens is 4. The first-order valence-corrected chi connectivity index (χ1v) is 9.81. The van der Waals surface area contributed by atoms with Crippen molar-refractivity contribution in [2.45, 2.75) is 25.6 Å². The normalized spacial score (nSPS) is 19.0. The molecular formula is C20H21F3N6O2. The van der Waals surface area contributed by atoms with Gasteiger partial charge in [-0.1, -0.05) is 24.3 Å². The Morgan fingerprint density at radius 1 is 1.26 bits per heavy atom. The topological polar surface area (TPSA) is 84.6 Å². The number of anilines is 1. The molecule has 1 fully saturated rings. The van der Waals surface area contributed by atoms with E-state index in [4.69, 9.17) is 4.74 Å². The third-order valence-corrected chi connectivity index (χ3v) is 5.29. The summed E-state index contributed by atoms with van der Waals surface area (Å²) in [5.74, 6) is 0.382. The minimum absolute atomic E-state index is 0.0588. The second-order valence-corrected chi connectivity index (χ2v) is 7.34. The van der Waals surface area contributed by atoms with Gasteiger partial charge in [0, 0.05) is 24.6 Å². The van der Waals surface area contributed by atoms with E-state index in [-0.39, 0.29) is 24.6 Å². The van der Waals surface area contributed by atoms with Crippen LogP contribution in [0.5, 0.6) is 0 Å².